The molecule has 0 radical (unpaired) electrons. The van der Waals surface area contributed by atoms with Crippen molar-refractivity contribution in [3.05, 3.63) is 76.6 Å². The van der Waals surface area contributed by atoms with Crippen LogP contribution < -0.4 is 16.0 Å². The van der Waals surface area contributed by atoms with Crippen molar-refractivity contribution in [2.45, 2.75) is 6.92 Å². The van der Waals surface area contributed by atoms with Crippen molar-refractivity contribution in [1.82, 2.24) is 15.4 Å². The molecule has 4 aromatic rings. The van der Waals surface area contributed by atoms with Crippen molar-refractivity contribution < 1.29 is 4.79 Å². The number of para-hydroxylation sites is 2. The van der Waals surface area contributed by atoms with Crippen molar-refractivity contribution >= 4 is 39.6 Å². The Morgan fingerprint density at radius 1 is 1.07 bits per heavy atom. The second-order valence-electron chi connectivity index (χ2n) is 6.40. The average molecular weight is 353 g/mol. The van der Waals surface area contributed by atoms with E-state index in [1.165, 1.54) is 0 Å². The summed E-state index contributed by atoms with van der Waals surface area (Å²) in [6.45, 7) is 1.97. The van der Waals surface area contributed by atoms with Gasteiger partial charge in [-0.1, -0.05) is 36.4 Å². The van der Waals surface area contributed by atoms with Gasteiger partial charge in [-0.2, -0.15) is 5.10 Å². The fourth-order valence-corrected chi connectivity index (χ4v) is 3.43. The number of aromatic nitrogens is 2. The monoisotopic (exact) mass is 353 g/mol. The van der Waals surface area contributed by atoms with Crippen LogP contribution in [0.15, 0.2) is 64.7 Å². The van der Waals surface area contributed by atoms with E-state index in [4.69, 9.17) is 0 Å². The first-order valence-electron chi connectivity index (χ1n) is 8.60. The molecule has 1 aliphatic heterocycles. The van der Waals surface area contributed by atoms with Gasteiger partial charge in [-0.05, 0) is 25.1 Å². The van der Waals surface area contributed by atoms with Crippen molar-refractivity contribution in [1.29, 1.82) is 0 Å². The molecular formula is C21H15N5O. The summed E-state index contributed by atoms with van der Waals surface area (Å²) in [6.07, 6.45) is 1.62. The predicted molar refractivity (Wildman–Crippen MR) is 105 cm³/mol. The third-order valence-electron chi connectivity index (χ3n) is 4.68. The first-order chi connectivity index (χ1) is 13.2. The topological polar surface area (TPSA) is 82.5 Å². The number of aromatic amines is 1. The SMILES string of the molecule is Cc1nc(/C=N/NC2=c3ccccc3=NC2=O)cc2c1[nH]c1ccccc12. The standard InChI is InChI=1S/C21H15N5O/c1-12-19-16(14-6-2-4-8-17(14)24-19)10-13(23-12)11-22-26-20-15-7-3-5-9-18(15)25-21(20)27/h2-11,24H,1H3,(H,25,26,27)/b22-11+. The van der Waals surface area contributed by atoms with Crippen LogP contribution in [0, 0.1) is 6.92 Å². The Bertz CT molecular complexity index is 1380. The van der Waals surface area contributed by atoms with Crippen LogP contribution in [0.5, 0.6) is 0 Å². The highest BCUT2D eigenvalue weighted by atomic mass is 16.1. The van der Waals surface area contributed by atoms with E-state index >= 15 is 0 Å². The van der Waals surface area contributed by atoms with Gasteiger partial charge in [-0.3, -0.25) is 10.2 Å². The van der Waals surface area contributed by atoms with Gasteiger partial charge in [-0.15, -0.1) is 0 Å². The Hall–Kier alpha value is -3.80. The lowest BCUT2D eigenvalue weighted by Gasteiger charge is -2.01. The number of fused-ring (bicyclic) bond motifs is 4. The molecule has 1 amide bonds. The summed E-state index contributed by atoms with van der Waals surface area (Å²) in [5, 5.41) is 7.89. The summed E-state index contributed by atoms with van der Waals surface area (Å²) in [6, 6.07) is 17.5. The van der Waals surface area contributed by atoms with Gasteiger partial charge in [0.2, 0.25) is 0 Å². The maximum absolute atomic E-state index is 12.1. The van der Waals surface area contributed by atoms with Gasteiger partial charge in [0.05, 0.1) is 28.5 Å². The molecule has 27 heavy (non-hydrogen) atoms. The van der Waals surface area contributed by atoms with Crippen molar-refractivity contribution in [2.24, 2.45) is 10.1 Å². The van der Waals surface area contributed by atoms with Crippen LogP contribution in [0.1, 0.15) is 11.4 Å². The molecule has 0 fully saturated rings. The lowest BCUT2D eigenvalue weighted by atomic mass is 10.1. The van der Waals surface area contributed by atoms with Crippen molar-refractivity contribution in [3.8, 4) is 0 Å². The zero-order chi connectivity index (χ0) is 18.4. The summed E-state index contributed by atoms with van der Waals surface area (Å²) in [7, 11) is 0. The van der Waals surface area contributed by atoms with Crippen LogP contribution in [0.4, 0.5) is 0 Å². The number of pyridine rings is 1. The molecule has 0 saturated heterocycles. The highest BCUT2D eigenvalue weighted by Crippen LogP contribution is 2.26. The predicted octanol–water partition coefficient (Wildman–Crippen LogP) is 1.92. The summed E-state index contributed by atoms with van der Waals surface area (Å²) < 4.78 is 0. The van der Waals surface area contributed by atoms with Crippen molar-refractivity contribution in [3.63, 3.8) is 0 Å². The van der Waals surface area contributed by atoms with Gasteiger partial charge in [0.25, 0.3) is 5.91 Å². The summed E-state index contributed by atoms with van der Waals surface area (Å²) in [5.41, 5.74) is 6.93. The largest absolute Gasteiger partial charge is 0.353 e. The molecule has 2 aromatic heterocycles. The second kappa shape index (κ2) is 5.88. The molecule has 0 saturated carbocycles. The number of rotatable bonds is 3. The van der Waals surface area contributed by atoms with Crippen molar-refractivity contribution in [2.75, 3.05) is 0 Å². The Balaban J connectivity index is 1.53. The maximum Gasteiger partial charge on any atom is 0.296 e. The van der Waals surface area contributed by atoms with E-state index < -0.39 is 0 Å². The quantitative estimate of drug-likeness (QED) is 0.436. The van der Waals surface area contributed by atoms with E-state index in [0.717, 1.165) is 32.7 Å². The van der Waals surface area contributed by atoms with Gasteiger partial charge >= 0.3 is 0 Å². The Kier molecular flexibility index (Phi) is 3.36. The van der Waals surface area contributed by atoms with E-state index in [0.29, 0.717) is 16.7 Å². The van der Waals surface area contributed by atoms with Crippen LogP contribution >= 0.6 is 0 Å². The highest BCUT2D eigenvalue weighted by Gasteiger charge is 2.15. The number of H-pyrrole nitrogens is 1. The normalized spacial score (nSPS) is 13.5. The second-order valence-corrected chi connectivity index (χ2v) is 6.40. The summed E-state index contributed by atoms with van der Waals surface area (Å²) in [4.78, 5) is 24.1. The molecule has 2 aromatic carbocycles. The molecule has 5 rings (SSSR count). The zero-order valence-electron chi connectivity index (χ0n) is 14.5. The van der Waals surface area contributed by atoms with Gasteiger partial charge in [0, 0.05) is 21.5 Å². The fraction of sp³-hybridized carbons (Fsp3) is 0.0476. The molecule has 1 aliphatic rings. The number of nitrogens with one attached hydrogen (secondary N) is 2. The number of hydrazone groups is 1. The van der Waals surface area contributed by atoms with Crippen LogP contribution in [-0.4, -0.2) is 22.1 Å². The lowest BCUT2D eigenvalue weighted by molar-refractivity contribution is -0.113. The zero-order valence-corrected chi connectivity index (χ0v) is 14.5. The molecule has 0 atom stereocenters. The van der Waals surface area contributed by atoms with Gasteiger partial charge < -0.3 is 4.98 Å². The van der Waals surface area contributed by atoms with Crippen LogP contribution in [0.2, 0.25) is 0 Å². The smallest absolute Gasteiger partial charge is 0.296 e. The number of carbonyl (C=O) groups excluding carboxylic acids is 1. The maximum atomic E-state index is 12.1. The van der Waals surface area contributed by atoms with Gasteiger partial charge in [0.1, 0.15) is 5.70 Å². The molecule has 6 heteroatoms. The van der Waals surface area contributed by atoms with E-state index in [-0.39, 0.29) is 5.91 Å². The van der Waals surface area contributed by atoms with Crippen LogP contribution in [0.3, 0.4) is 0 Å². The number of hydrogen-bond donors (Lipinski definition) is 2. The fourth-order valence-electron chi connectivity index (χ4n) is 3.43. The van der Waals surface area contributed by atoms with E-state index in [2.05, 4.69) is 31.6 Å². The minimum atomic E-state index is -0.315. The number of benzene rings is 2. The minimum absolute atomic E-state index is 0.315. The Morgan fingerprint density at radius 2 is 1.89 bits per heavy atom. The number of nitrogens with zero attached hydrogens (tertiary/aromatic N) is 3. The number of carbonyl (C=O) groups is 1. The lowest BCUT2D eigenvalue weighted by Crippen LogP contribution is -2.26. The van der Waals surface area contributed by atoms with Gasteiger partial charge in [-0.25, -0.2) is 9.98 Å². The Labute approximate surface area is 154 Å². The summed E-state index contributed by atoms with van der Waals surface area (Å²) in [5.74, 6) is -0.315. The van der Waals surface area contributed by atoms with E-state index in [9.17, 15) is 4.79 Å². The average Bonchev–Trinajstić information content (AvgIpc) is 3.20. The van der Waals surface area contributed by atoms with Crippen LogP contribution in [0.25, 0.3) is 27.5 Å². The molecule has 0 aliphatic carbocycles. The number of aryl methyl sites for hydroxylation is 1. The summed E-state index contributed by atoms with van der Waals surface area (Å²) >= 11 is 0. The minimum Gasteiger partial charge on any atom is -0.353 e. The molecule has 2 N–H and O–H groups in total. The molecule has 130 valence electrons. The van der Waals surface area contributed by atoms with Crippen LogP contribution in [-0.2, 0) is 4.79 Å². The van der Waals surface area contributed by atoms with Gasteiger partial charge in [0.15, 0.2) is 0 Å². The first kappa shape index (κ1) is 15.5. The molecule has 0 unspecified atom stereocenters. The van der Waals surface area contributed by atoms with E-state index in [1.807, 2.05) is 55.5 Å². The third-order valence-corrected chi connectivity index (χ3v) is 4.68. The number of hydrogen-bond acceptors (Lipinski definition) is 4. The number of amides is 1. The molecular weight excluding hydrogens is 338 g/mol. The molecule has 6 nitrogen and oxygen atoms in total. The molecule has 3 heterocycles. The highest BCUT2D eigenvalue weighted by molar-refractivity contribution is 6.14. The first-order valence-corrected chi connectivity index (χ1v) is 8.60. The molecule has 0 bridgehead atoms. The third kappa shape index (κ3) is 2.50. The molecule has 0 spiro atoms. The van der Waals surface area contributed by atoms with E-state index in [1.54, 1.807) is 6.21 Å². The Morgan fingerprint density at radius 3 is 2.81 bits per heavy atom.